The second-order valence-electron chi connectivity index (χ2n) is 9.06. The van der Waals surface area contributed by atoms with Gasteiger partial charge in [0.05, 0.1) is 0 Å². The highest BCUT2D eigenvalue weighted by molar-refractivity contribution is 5.62. The lowest BCUT2D eigenvalue weighted by Crippen LogP contribution is -2.46. The maximum atomic E-state index is 5.78. The summed E-state index contributed by atoms with van der Waals surface area (Å²) in [5, 5.41) is 0. The minimum Gasteiger partial charge on any atom is -0.399 e. The molecule has 0 amide bonds. The van der Waals surface area contributed by atoms with E-state index in [2.05, 4.69) is 87.5 Å². The number of hydrogen-bond donors (Lipinski definition) is 1. The predicted octanol–water partition coefficient (Wildman–Crippen LogP) is 5.44. The van der Waals surface area contributed by atoms with Crippen molar-refractivity contribution in [2.24, 2.45) is 0 Å². The molecule has 0 atom stereocenters. The number of unbranched alkanes of at least 4 members (excludes halogenated alkanes) is 1. The van der Waals surface area contributed by atoms with E-state index in [1.54, 1.807) is 0 Å². The third-order valence-electron chi connectivity index (χ3n) is 6.63. The average Bonchev–Trinajstić information content (AvgIpc) is 2.87. The van der Waals surface area contributed by atoms with Crippen molar-refractivity contribution in [3.63, 3.8) is 0 Å². The van der Waals surface area contributed by atoms with Crippen LogP contribution < -0.4 is 10.6 Å². The fourth-order valence-electron chi connectivity index (χ4n) is 4.66. The molecule has 1 fully saturated rings. The first-order valence-electron chi connectivity index (χ1n) is 12.4. The predicted molar refractivity (Wildman–Crippen MR) is 141 cm³/mol. The molecule has 0 bridgehead atoms. The summed E-state index contributed by atoms with van der Waals surface area (Å²) in [6, 6.07) is 29.8. The van der Waals surface area contributed by atoms with E-state index in [1.807, 2.05) is 12.1 Å². The number of para-hydroxylation sites is 2. The van der Waals surface area contributed by atoms with E-state index in [1.165, 1.54) is 75.5 Å². The van der Waals surface area contributed by atoms with Crippen molar-refractivity contribution in [3.8, 4) is 0 Å². The van der Waals surface area contributed by atoms with Gasteiger partial charge in [-0.1, -0.05) is 48.5 Å². The van der Waals surface area contributed by atoms with Crippen molar-refractivity contribution in [1.82, 2.24) is 9.80 Å². The van der Waals surface area contributed by atoms with E-state index < -0.39 is 0 Å². The molecule has 0 unspecified atom stereocenters. The van der Waals surface area contributed by atoms with Gasteiger partial charge in [-0.3, -0.25) is 0 Å². The molecule has 174 valence electrons. The molecule has 1 saturated heterocycles. The Balaban J connectivity index is 1.14. The fourth-order valence-corrected chi connectivity index (χ4v) is 4.66. The Labute approximate surface area is 199 Å². The highest BCUT2D eigenvalue weighted by Gasteiger charge is 2.16. The molecule has 0 saturated carbocycles. The van der Waals surface area contributed by atoms with E-state index >= 15 is 0 Å². The summed E-state index contributed by atoms with van der Waals surface area (Å²) in [4.78, 5) is 7.71. The van der Waals surface area contributed by atoms with Crippen LogP contribution in [0.5, 0.6) is 0 Å². The topological polar surface area (TPSA) is 35.7 Å². The second kappa shape index (κ2) is 12.4. The number of nitrogens with zero attached hydrogens (tertiary/aromatic N) is 3. The average molecular weight is 443 g/mol. The van der Waals surface area contributed by atoms with Gasteiger partial charge in [0.2, 0.25) is 0 Å². The normalized spacial score (nSPS) is 14.9. The molecule has 0 aromatic heterocycles. The summed E-state index contributed by atoms with van der Waals surface area (Å²) >= 11 is 0. The molecule has 33 heavy (non-hydrogen) atoms. The molecule has 3 aromatic carbocycles. The largest absolute Gasteiger partial charge is 0.399 e. The van der Waals surface area contributed by atoms with Crippen LogP contribution in [-0.2, 0) is 6.42 Å². The lowest BCUT2D eigenvalue weighted by molar-refractivity contribution is 0.130. The van der Waals surface area contributed by atoms with Gasteiger partial charge in [-0.05, 0) is 80.7 Å². The molecule has 0 radical (unpaired) electrons. The van der Waals surface area contributed by atoms with Crippen molar-refractivity contribution in [2.75, 3.05) is 56.4 Å². The number of nitrogens with two attached hydrogens (primary N) is 1. The molecular formula is C29H38N4. The number of rotatable bonds is 11. The molecule has 1 aliphatic rings. The van der Waals surface area contributed by atoms with Crippen LogP contribution >= 0.6 is 0 Å². The maximum absolute atomic E-state index is 5.78. The number of hydrogen-bond acceptors (Lipinski definition) is 4. The van der Waals surface area contributed by atoms with Crippen LogP contribution in [0.3, 0.4) is 0 Å². The van der Waals surface area contributed by atoms with Crippen LogP contribution in [0.4, 0.5) is 17.1 Å². The van der Waals surface area contributed by atoms with Gasteiger partial charge >= 0.3 is 0 Å². The first-order chi connectivity index (χ1) is 16.3. The molecule has 3 aromatic rings. The van der Waals surface area contributed by atoms with Crippen molar-refractivity contribution in [2.45, 2.75) is 25.7 Å². The van der Waals surface area contributed by atoms with Crippen molar-refractivity contribution in [1.29, 1.82) is 0 Å². The van der Waals surface area contributed by atoms with Gasteiger partial charge in [0.25, 0.3) is 0 Å². The Hall–Kier alpha value is -2.82. The molecule has 4 heteroatoms. The summed E-state index contributed by atoms with van der Waals surface area (Å²) in [6.07, 6.45) is 4.80. The second-order valence-corrected chi connectivity index (χ2v) is 9.06. The van der Waals surface area contributed by atoms with Crippen LogP contribution in [0.2, 0.25) is 0 Å². The van der Waals surface area contributed by atoms with Crippen LogP contribution in [0, 0.1) is 0 Å². The lowest BCUT2D eigenvalue weighted by atomic mass is 10.1. The molecular weight excluding hydrogens is 404 g/mol. The number of aryl methyl sites for hydroxylation is 1. The van der Waals surface area contributed by atoms with Crippen LogP contribution in [0.25, 0.3) is 0 Å². The van der Waals surface area contributed by atoms with Crippen LogP contribution in [0.15, 0.2) is 84.9 Å². The minimum absolute atomic E-state index is 0.850. The quantitative estimate of drug-likeness (QED) is 0.317. The number of benzene rings is 3. The standard InChI is InChI=1S/C29H38N4/c30-27-17-15-26(16-18-27)10-9-20-32-24-22-31(23-25-32)19-7-8-21-33(28-11-3-1-4-12-28)29-13-5-2-6-14-29/h1-6,11-18H,7-10,19-25,30H2. The highest BCUT2D eigenvalue weighted by Crippen LogP contribution is 2.25. The molecule has 1 aliphatic heterocycles. The SMILES string of the molecule is Nc1ccc(CCCN2CCN(CCCCN(c3ccccc3)c3ccccc3)CC2)cc1. The molecule has 4 rings (SSSR count). The number of nitrogen functional groups attached to an aromatic ring is 1. The van der Waals surface area contributed by atoms with Gasteiger partial charge in [-0.2, -0.15) is 0 Å². The van der Waals surface area contributed by atoms with Gasteiger partial charge in [-0.15, -0.1) is 0 Å². The minimum atomic E-state index is 0.850. The molecule has 1 heterocycles. The first kappa shape index (κ1) is 23.3. The maximum Gasteiger partial charge on any atom is 0.0410 e. The zero-order chi connectivity index (χ0) is 22.7. The summed E-state index contributed by atoms with van der Waals surface area (Å²) in [5.74, 6) is 0. The van der Waals surface area contributed by atoms with Gasteiger partial charge < -0.3 is 20.4 Å². The van der Waals surface area contributed by atoms with E-state index in [0.717, 1.165) is 18.7 Å². The van der Waals surface area contributed by atoms with E-state index in [-0.39, 0.29) is 0 Å². The van der Waals surface area contributed by atoms with Gasteiger partial charge in [0.1, 0.15) is 0 Å². The molecule has 2 N–H and O–H groups in total. The third kappa shape index (κ3) is 7.34. The van der Waals surface area contributed by atoms with Gasteiger partial charge in [0.15, 0.2) is 0 Å². The Morgan fingerprint density at radius 1 is 0.606 bits per heavy atom. The first-order valence-corrected chi connectivity index (χ1v) is 12.4. The van der Waals surface area contributed by atoms with E-state index in [9.17, 15) is 0 Å². The van der Waals surface area contributed by atoms with Crippen LogP contribution in [0.1, 0.15) is 24.8 Å². The van der Waals surface area contributed by atoms with Crippen molar-refractivity contribution >= 4 is 17.1 Å². The Bertz CT molecular complexity index is 879. The summed E-state index contributed by atoms with van der Waals surface area (Å²) in [5.41, 5.74) is 10.6. The highest BCUT2D eigenvalue weighted by atomic mass is 15.3. The van der Waals surface area contributed by atoms with Crippen molar-refractivity contribution in [3.05, 3.63) is 90.5 Å². The lowest BCUT2D eigenvalue weighted by Gasteiger charge is -2.35. The van der Waals surface area contributed by atoms with Gasteiger partial charge in [-0.25, -0.2) is 0 Å². The number of anilines is 3. The summed E-state index contributed by atoms with van der Waals surface area (Å²) < 4.78 is 0. The van der Waals surface area contributed by atoms with Gasteiger partial charge in [0, 0.05) is 49.8 Å². The summed E-state index contributed by atoms with van der Waals surface area (Å²) in [6.45, 7) is 8.24. The molecule has 4 nitrogen and oxygen atoms in total. The molecule has 0 aliphatic carbocycles. The zero-order valence-electron chi connectivity index (χ0n) is 19.8. The Morgan fingerprint density at radius 3 is 1.67 bits per heavy atom. The third-order valence-corrected chi connectivity index (χ3v) is 6.63. The van der Waals surface area contributed by atoms with Crippen molar-refractivity contribution < 1.29 is 0 Å². The smallest absolute Gasteiger partial charge is 0.0410 e. The Kier molecular flexibility index (Phi) is 8.79. The number of piperazine rings is 1. The fraction of sp³-hybridized carbons (Fsp3) is 0.379. The van der Waals surface area contributed by atoms with E-state index in [0.29, 0.717) is 0 Å². The Morgan fingerprint density at radius 2 is 1.12 bits per heavy atom. The monoisotopic (exact) mass is 442 g/mol. The van der Waals surface area contributed by atoms with Crippen LogP contribution in [-0.4, -0.2) is 55.6 Å². The molecule has 0 spiro atoms. The van der Waals surface area contributed by atoms with E-state index in [4.69, 9.17) is 5.73 Å². The zero-order valence-corrected chi connectivity index (χ0v) is 19.8. The summed E-state index contributed by atoms with van der Waals surface area (Å²) in [7, 11) is 0.